The molecule has 1 saturated heterocycles. The molecule has 0 bridgehead atoms. The van der Waals surface area contributed by atoms with Gasteiger partial charge in [-0.2, -0.15) is 0 Å². The number of hydrogen-bond acceptors (Lipinski definition) is 2. The summed E-state index contributed by atoms with van der Waals surface area (Å²) in [6.07, 6.45) is 0.776. The van der Waals surface area contributed by atoms with Crippen LogP contribution in [0.25, 0.3) is 0 Å². The average Bonchev–Trinajstić information content (AvgIpc) is 2.08. The summed E-state index contributed by atoms with van der Waals surface area (Å²) < 4.78 is 0. The maximum Gasteiger partial charge on any atom is 0.0935 e. The zero-order valence-corrected chi connectivity index (χ0v) is 9.72. The Hall–Kier alpha value is -0.860. The first-order chi connectivity index (χ1) is 7.00. The lowest BCUT2D eigenvalue weighted by molar-refractivity contribution is -0.00926. The van der Waals surface area contributed by atoms with E-state index in [1.54, 1.807) is 0 Å². The number of aryl methyl sites for hydroxylation is 3. The zero-order chi connectivity index (χ0) is 11.1. The maximum atomic E-state index is 10.1. The van der Waals surface area contributed by atoms with Gasteiger partial charge in [-0.1, -0.05) is 17.7 Å². The monoisotopic (exact) mass is 205 g/mol. The van der Waals surface area contributed by atoms with Crippen LogP contribution in [0, 0.1) is 20.8 Å². The summed E-state index contributed by atoms with van der Waals surface area (Å²) in [4.78, 5) is 0. The van der Waals surface area contributed by atoms with Crippen molar-refractivity contribution in [2.24, 2.45) is 0 Å². The van der Waals surface area contributed by atoms with Crippen LogP contribution in [-0.2, 0) is 6.42 Å². The molecular weight excluding hydrogens is 186 g/mol. The number of β-amino-alcohol motifs (C(OH)–C–C–N with tert-alkyl or cyclic N) is 1. The van der Waals surface area contributed by atoms with E-state index in [4.69, 9.17) is 0 Å². The molecule has 2 heteroatoms. The molecule has 0 spiro atoms. The molecule has 0 aliphatic carbocycles. The van der Waals surface area contributed by atoms with Crippen molar-refractivity contribution in [3.05, 3.63) is 34.4 Å². The van der Waals surface area contributed by atoms with Gasteiger partial charge < -0.3 is 10.4 Å². The Labute approximate surface area is 91.3 Å². The Morgan fingerprint density at radius 3 is 2.13 bits per heavy atom. The Morgan fingerprint density at radius 2 is 1.73 bits per heavy atom. The summed E-state index contributed by atoms with van der Waals surface area (Å²) >= 11 is 0. The number of hydrogen-bond donors (Lipinski definition) is 2. The highest BCUT2D eigenvalue weighted by atomic mass is 16.3. The van der Waals surface area contributed by atoms with Crippen molar-refractivity contribution in [3.63, 3.8) is 0 Å². The first-order valence-corrected chi connectivity index (χ1v) is 5.50. The van der Waals surface area contributed by atoms with Crippen molar-refractivity contribution in [1.29, 1.82) is 0 Å². The van der Waals surface area contributed by atoms with Crippen LogP contribution in [0.2, 0.25) is 0 Å². The van der Waals surface area contributed by atoms with Crippen molar-refractivity contribution in [3.8, 4) is 0 Å². The highest BCUT2D eigenvalue weighted by Crippen LogP contribution is 2.24. The van der Waals surface area contributed by atoms with Crippen LogP contribution >= 0.6 is 0 Å². The van der Waals surface area contributed by atoms with Crippen molar-refractivity contribution in [2.75, 3.05) is 13.1 Å². The molecule has 2 nitrogen and oxygen atoms in total. The molecule has 1 fully saturated rings. The summed E-state index contributed by atoms with van der Waals surface area (Å²) in [5.74, 6) is 0. The molecule has 1 aliphatic heterocycles. The molecule has 0 amide bonds. The fourth-order valence-corrected chi connectivity index (χ4v) is 2.36. The fourth-order valence-electron chi connectivity index (χ4n) is 2.36. The third-order valence-electron chi connectivity index (χ3n) is 3.25. The molecule has 2 N–H and O–H groups in total. The van der Waals surface area contributed by atoms with Gasteiger partial charge in [0.2, 0.25) is 0 Å². The van der Waals surface area contributed by atoms with Crippen molar-refractivity contribution in [2.45, 2.75) is 32.8 Å². The number of nitrogens with one attached hydrogen (secondary N) is 1. The Balaban J connectivity index is 2.28. The quantitative estimate of drug-likeness (QED) is 0.766. The number of benzene rings is 1. The fraction of sp³-hybridized carbons (Fsp3) is 0.538. The highest BCUT2D eigenvalue weighted by Gasteiger charge is 2.34. The predicted octanol–water partition coefficient (Wildman–Crippen LogP) is 1.49. The predicted molar refractivity (Wildman–Crippen MR) is 62.2 cm³/mol. The molecule has 2 rings (SSSR count). The molecule has 0 radical (unpaired) electrons. The molecule has 1 aliphatic rings. The molecule has 1 aromatic carbocycles. The molecule has 15 heavy (non-hydrogen) atoms. The van der Waals surface area contributed by atoms with Gasteiger partial charge in [0.05, 0.1) is 5.60 Å². The minimum Gasteiger partial charge on any atom is -0.387 e. The minimum atomic E-state index is -0.509. The van der Waals surface area contributed by atoms with Crippen LogP contribution in [0.5, 0.6) is 0 Å². The summed E-state index contributed by atoms with van der Waals surface area (Å²) in [6, 6.07) is 4.38. The SMILES string of the molecule is Cc1cc(C)c(CC2(O)CNC2)c(C)c1. The smallest absolute Gasteiger partial charge is 0.0935 e. The van der Waals surface area contributed by atoms with Crippen LogP contribution in [0.3, 0.4) is 0 Å². The van der Waals surface area contributed by atoms with E-state index in [1.165, 1.54) is 22.3 Å². The van der Waals surface area contributed by atoms with Crippen LogP contribution in [-0.4, -0.2) is 23.8 Å². The lowest BCUT2D eigenvalue weighted by Gasteiger charge is -2.38. The highest BCUT2D eigenvalue weighted by molar-refractivity contribution is 5.38. The van der Waals surface area contributed by atoms with Crippen LogP contribution in [0.1, 0.15) is 22.3 Å². The van der Waals surface area contributed by atoms with Crippen LogP contribution in [0.15, 0.2) is 12.1 Å². The van der Waals surface area contributed by atoms with Gasteiger partial charge in [-0.05, 0) is 37.5 Å². The minimum absolute atomic E-state index is 0.509. The van der Waals surface area contributed by atoms with Gasteiger partial charge in [-0.25, -0.2) is 0 Å². The summed E-state index contributed by atoms with van der Waals surface area (Å²) in [5.41, 5.74) is 4.70. The van der Waals surface area contributed by atoms with Crippen LogP contribution in [0.4, 0.5) is 0 Å². The summed E-state index contributed by atoms with van der Waals surface area (Å²) in [6.45, 7) is 7.82. The zero-order valence-electron chi connectivity index (χ0n) is 9.72. The van der Waals surface area contributed by atoms with Gasteiger partial charge in [-0.3, -0.25) is 0 Å². The molecule has 1 heterocycles. The lowest BCUT2D eigenvalue weighted by atomic mass is 9.85. The van der Waals surface area contributed by atoms with Crippen molar-refractivity contribution in [1.82, 2.24) is 5.32 Å². The van der Waals surface area contributed by atoms with Crippen LogP contribution < -0.4 is 5.32 Å². The molecule has 1 aromatic rings. The van der Waals surface area contributed by atoms with E-state index in [0.29, 0.717) is 0 Å². The second-order valence-corrected chi connectivity index (χ2v) is 4.88. The van der Waals surface area contributed by atoms with E-state index in [0.717, 1.165) is 19.5 Å². The molecule has 0 atom stereocenters. The molecular formula is C13H19NO. The first-order valence-electron chi connectivity index (χ1n) is 5.50. The Kier molecular flexibility index (Phi) is 2.57. The molecule has 0 unspecified atom stereocenters. The third kappa shape index (κ3) is 2.06. The largest absolute Gasteiger partial charge is 0.387 e. The molecule has 0 aromatic heterocycles. The van der Waals surface area contributed by atoms with Gasteiger partial charge in [0.25, 0.3) is 0 Å². The average molecular weight is 205 g/mol. The Bertz CT molecular complexity index is 357. The summed E-state index contributed by atoms with van der Waals surface area (Å²) in [5, 5.41) is 13.2. The normalized spacial score (nSPS) is 18.7. The number of aliphatic hydroxyl groups is 1. The number of rotatable bonds is 2. The second kappa shape index (κ2) is 3.62. The Morgan fingerprint density at radius 1 is 1.20 bits per heavy atom. The van der Waals surface area contributed by atoms with Gasteiger partial charge in [0, 0.05) is 19.5 Å². The van der Waals surface area contributed by atoms with Gasteiger partial charge in [-0.15, -0.1) is 0 Å². The van der Waals surface area contributed by atoms with E-state index in [1.807, 2.05) is 0 Å². The van der Waals surface area contributed by atoms with E-state index in [2.05, 4.69) is 38.2 Å². The lowest BCUT2D eigenvalue weighted by Crippen LogP contribution is -2.60. The van der Waals surface area contributed by atoms with Crippen molar-refractivity contribution < 1.29 is 5.11 Å². The van der Waals surface area contributed by atoms with E-state index in [-0.39, 0.29) is 0 Å². The molecule has 82 valence electrons. The third-order valence-corrected chi connectivity index (χ3v) is 3.25. The van der Waals surface area contributed by atoms with Gasteiger partial charge in [0.15, 0.2) is 0 Å². The second-order valence-electron chi connectivity index (χ2n) is 4.88. The standard InChI is InChI=1S/C13H19NO/c1-9-4-10(2)12(11(3)5-9)6-13(15)7-14-8-13/h4-5,14-15H,6-8H2,1-3H3. The topological polar surface area (TPSA) is 32.3 Å². The van der Waals surface area contributed by atoms with Gasteiger partial charge >= 0.3 is 0 Å². The van der Waals surface area contributed by atoms with E-state index in [9.17, 15) is 5.11 Å². The first kappa shape index (κ1) is 10.7. The molecule has 0 saturated carbocycles. The van der Waals surface area contributed by atoms with Crippen molar-refractivity contribution >= 4 is 0 Å². The van der Waals surface area contributed by atoms with E-state index < -0.39 is 5.60 Å². The van der Waals surface area contributed by atoms with E-state index >= 15 is 0 Å². The van der Waals surface area contributed by atoms with Gasteiger partial charge in [0.1, 0.15) is 0 Å². The maximum absolute atomic E-state index is 10.1. The summed E-state index contributed by atoms with van der Waals surface area (Å²) in [7, 11) is 0.